The molecule has 0 bridgehead atoms. The Morgan fingerprint density at radius 3 is 2.19 bits per heavy atom. The lowest BCUT2D eigenvalue weighted by atomic mass is 9.94. The maximum atomic E-state index is 13.1. The third kappa shape index (κ3) is 2.28. The molecule has 0 radical (unpaired) electrons. The van der Waals surface area contributed by atoms with Crippen molar-refractivity contribution in [2.75, 3.05) is 4.90 Å². The first-order chi connectivity index (χ1) is 10.2. The van der Waals surface area contributed by atoms with Crippen molar-refractivity contribution in [3.63, 3.8) is 0 Å². The second-order valence-electron chi connectivity index (χ2n) is 4.89. The van der Waals surface area contributed by atoms with Gasteiger partial charge in [-0.3, -0.25) is 9.69 Å². The highest BCUT2D eigenvalue weighted by Crippen LogP contribution is 2.49. The maximum Gasteiger partial charge on any atom is 0.253 e. The van der Waals surface area contributed by atoms with Gasteiger partial charge in [-0.05, 0) is 24.1 Å². The molecule has 1 fully saturated rings. The van der Waals surface area contributed by atoms with Gasteiger partial charge in [0.2, 0.25) is 0 Å². The summed E-state index contributed by atoms with van der Waals surface area (Å²) in [6.45, 7) is 2.04. The van der Waals surface area contributed by atoms with Gasteiger partial charge in [0.05, 0.1) is 5.69 Å². The van der Waals surface area contributed by atoms with Crippen LogP contribution in [0.15, 0.2) is 60.7 Å². The lowest BCUT2D eigenvalue weighted by Crippen LogP contribution is -2.37. The molecule has 0 spiro atoms. The van der Waals surface area contributed by atoms with E-state index < -0.39 is 4.75 Å². The first kappa shape index (κ1) is 14.3. The zero-order valence-corrected chi connectivity index (χ0v) is 13.3. The number of thioether (sulfide) groups is 1. The number of thiocarbonyl (C=S) groups is 1. The van der Waals surface area contributed by atoms with Crippen LogP contribution in [0.4, 0.5) is 5.69 Å². The molecule has 0 saturated carbocycles. The number of amides is 1. The van der Waals surface area contributed by atoms with Crippen LogP contribution in [0.3, 0.4) is 0 Å². The fourth-order valence-corrected chi connectivity index (χ4v) is 4.39. The van der Waals surface area contributed by atoms with Crippen molar-refractivity contribution >= 4 is 39.9 Å². The van der Waals surface area contributed by atoms with Gasteiger partial charge in [0.15, 0.2) is 0 Å². The number of benzene rings is 2. The van der Waals surface area contributed by atoms with E-state index >= 15 is 0 Å². The topological polar surface area (TPSA) is 20.3 Å². The number of hydrogen-bond donors (Lipinski definition) is 0. The van der Waals surface area contributed by atoms with Crippen molar-refractivity contribution in [3.05, 3.63) is 66.2 Å². The summed E-state index contributed by atoms with van der Waals surface area (Å²) in [5, 5.41) is 0. The first-order valence-corrected chi connectivity index (χ1v) is 8.09. The Balaban J connectivity index is 2.07. The monoisotopic (exact) mass is 313 g/mol. The molecule has 2 aromatic rings. The summed E-state index contributed by atoms with van der Waals surface area (Å²) < 4.78 is 0.0191. The van der Waals surface area contributed by atoms with Crippen LogP contribution in [0.25, 0.3) is 0 Å². The van der Waals surface area contributed by atoms with Gasteiger partial charge in [-0.25, -0.2) is 0 Å². The van der Waals surface area contributed by atoms with Crippen molar-refractivity contribution < 1.29 is 4.79 Å². The largest absolute Gasteiger partial charge is 0.272 e. The van der Waals surface area contributed by atoms with Crippen LogP contribution < -0.4 is 4.90 Å². The standard InChI is InChI=1S/C17H15NOS2/c1-2-17(13-9-5-3-6-10-13)15(19)18(16(20)21-17)14-11-7-4-8-12-14/h3-12H,2H2,1H3. The molecule has 2 aromatic carbocycles. The molecule has 0 aliphatic carbocycles. The van der Waals surface area contributed by atoms with Crippen LogP contribution in [-0.4, -0.2) is 10.2 Å². The summed E-state index contributed by atoms with van der Waals surface area (Å²) >= 11 is 6.97. The van der Waals surface area contributed by atoms with E-state index in [1.54, 1.807) is 4.90 Å². The fraction of sp³-hybridized carbons (Fsp3) is 0.176. The van der Waals surface area contributed by atoms with Gasteiger partial charge in [-0.1, -0.05) is 79.4 Å². The highest BCUT2D eigenvalue weighted by atomic mass is 32.2. The average molecular weight is 313 g/mol. The summed E-state index contributed by atoms with van der Waals surface area (Å²) in [5.74, 6) is 0.0531. The van der Waals surface area contributed by atoms with E-state index in [1.165, 1.54) is 11.8 Å². The van der Waals surface area contributed by atoms with E-state index in [0.717, 1.165) is 11.3 Å². The van der Waals surface area contributed by atoms with E-state index in [9.17, 15) is 4.79 Å². The van der Waals surface area contributed by atoms with Crippen LogP contribution in [0.1, 0.15) is 18.9 Å². The predicted octanol–water partition coefficient (Wildman–Crippen LogP) is 4.36. The number of para-hydroxylation sites is 1. The Kier molecular flexibility index (Phi) is 3.83. The highest BCUT2D eigenvalue weighted by molar-refractivity contribution is 8.25. The lowest BCUT2D eigenvalue weighted by Gasteiger charge is -2.25. The highest BCUT2D eigenvalue weighted by Gasteiger charge is 2.51. The molecule has 1 unspecified atom stereocenters. The van der Waals surface area contributed by atoms with Crippen LogP contribution in [0.2, 0.25) is 0 Å². The zero-order valence-electron chi connectivity index (χ0n) is 11.7. The molecule has 1 atom stereocenters. The summed E-state index contributed by atoms with van der Waals surface area (Å²) in [4.78, 5) is 14.8. The average Bonchev–Trinajstić information content (AvgIpc) is 2.80. The Hall–Kier alpha value is -1.65. The van der Waals surface area contributed by atoms with Crippen molar-refractivity contribution in [2.45, 2.75) is 18.1 Å². The molecule has 0 aromatic heterocycles. The van der Waals surface area contributed by atoms with Crippen molar-refractivity contribution in [2.24, 2.45) is 0 Å². The van der Waals surface area contributed by atoms with E-state index in [0.29, 0.717) is 10.7 Å². The minimum Gasteiger partial charge on any atom is -0.272 e. The summed E-state index contributed by atoms with van der Waals surface area (Å²) in [7, 11) is 0. The van der Waals surface area contributed by atoms with Gasteiger partial charge in [-0.15, -0.1) is 0 Å². The SMILES string of the molecule is CCC1(c2ccccc2)SC(=S)N(c2ccccc2)C1=O. The number of carbonyl (C=O) groups excluding carboxylic acids is 1. The van der Waals surface area contributed by atoms with Crippen LogP contribution >= 0.6 is 24.0 Å². The van der Waals surface area contributed by atoms with Gasteiger partial charge in [0, 0.05) is 0 Å². The Morgan fingerprint density at radius 2 is 1.62 bits per heavy atom. The van der Waals surface area contributed by atoms with Crippen LogP contribution in [-0.2, 0) is 9.54 Å². The number of carbonyl (C=O) groups is 1. The number of nitrogens with zero attached hydrogens (tertiary/aromatic N) is 1. The maximum absolute atomic E-state index is 13.1. The Bertz CT molecular complexity index is 672. The van der Waals surface area contributed by atoms with Crippen molar-refractivity contribution in [3.8, 4) is 0 Å². The van der Waals surface area contributed by atoms with Gasteiger partial charge in [-0.2, -0.15) is 0 Å². The minimum atomic E-state index is -0.603. The molecule has 1 aliphatic heterocycles. The van der Waals surface area contributed by atoms with Gasteiger partial charge < -0.3 is 0 Å². The lowest BCUT2D eigenvalue weighted by molar-refractivity contribution is -0.119. The molecule has 1 heterocycles. The predicted molar refractivity (Wildman–Crippen MR) is 92.5 cm³/mol. The van der Waals surface area contributed by atoms with E-state index in [2.05, 4.69) is 0 Å². The molecule has 21 heavy (non-hydrogen) atoms. The summed E-state index contributed by atoms with van der Waals surface area (Å²) in [6.07, 6.45) is 0.712. The quantitative estimate of drug-likeness (QED) is 0.785. The molecule has 2 nitrogen and oxygen atoms in total. The van der Waals surface area contributed by atoms with Crippen LogP contribution in [0.5, 0.6) is 0 Å². The molecule has 106 valence electrons. The van der Waals surface area contributed by atoms with Crippen molar-refractivity contribution in [1.82, 2.24) is 0 Å². The second kappa shape index (κ2) is 5.62. The molecule has 0 N–H and O–H groups in total. The smallest absolute Gasteiger partial charge is 0.253 e. The van der Waals surface area contributed by atoms with Gasteiger partial charge in [0.25, 0.3) is 5.91 Å². The summed E-state index contributed by atoms with van der Waals surface area (Å²) in [6, 6.07) is 19.5. The molecular weight excluding hydrogens is 298 g/mol. The Labute approximate surface area is 134 Å². The second-order valence-corrected chi connectivity index (χ2v) is 6.82. The number of hydrogen-bond acceptors (Lipinski definition) is 3. The van der Waals surface area contributed by atoms with Crippen molar-refractivity contribution in [1.29, 1.82) is 0 Å². The van der Waals surface area contributed by atoms with E-state index in [4.69, 9.17) is 12.2 Å². The number of anilines is 1. The molecule has 4 heteroatoms. The van der Waals surface area contributed by atoms with Gasteiger partial charge in [0.1, 0.15) is 9.07 Å². The third-order valence-corrected chi connectivity index (χ3v) is 5.58. The molecule has 1 aliphatic rings. The Morgan fingerprint density at radius 1 is 1.05 bits per heavy atom. The normalized spacial score (nSPS) is 21.9. The van der Waals surface area contributed by atoms with Crippen LogP contribution in [0, 0.1) is 0 Å². The third-order valence-electron chi connectivity index (χ3n) is 3.75. The summed E-state index contributed by atoms with van der Waals surface area (Å²) in [5.41, 5.74) is 1.86. The van der Waals surface area contributed by atoms with Gasteiger partial charge >= 0.3 is 0 Å². The minimum absolute atomic E-state index is 0.0531. The number of rotatable bonds is 3. The first-order valence-electron chi connectivity index (χ1n) is 6.87. The molecule has 1 saturated heterocycles. The fourth-order valence-electron chi connectivity index (χ4n) is 2.62. The molecule has 1 amide bonds. The molecule has 3 rings (SSSR count). The van der Waals surface area contributed by atoms with E-state index in [1.807, 2.05) is 67.6 Å². The van der Waals surface area contributed by atoms with E-state index in [-0.39, 0.29) is 5.91 Å². The zero-order chi connectivity index (χ0) is 14.9. The molecular formula is C17H15NOS2.